The summed E-state index contributed by atoms with van der Waals surface area (Å²) in [6, 6.07) is 3.77. The second-order valence-corrected chi connectivity index (χ2v) is 9.01. The van der Waals surface area contributed by atoms with Gasteiger partial charge in [-0.05, 0) is 24.8 Å². The van der Waals surface area contributed by atoms with Crippen LogP contribution in [0.1, 0.15) is 32.6 Å². The molecule has 3 rings (SSSR count). The number of hydrogen-bond donors (Lipinski definition) is 0. The second-order valence-electron chi connectivity index (χ2n) is 6.58. The molecule has 1 amide bonds. The largest absolute Gasteiger partial charge is 0.455 e. The first-order valence-corrected chi connectivity index (χ1v) is 10.1. The van der Waals surface area contributed by atoms with Gasteiger partial charge in [-0.25, -0.2) is 0 Å². The minimum absolute atomic E-state index is 0.148. The van der Waals surface area contributed by atoms with Crippen LogP contribution in [-0.2, 0) is 20.9 Å². The Balaban J connectivity index is 1.58. The molecule has 27 heavy (non-hydrogen) atoms. The molecule has 1 aliphatic rings. The second kappa shape index (κ2) is 7.77. The van der Waals surface area contributed by atoms with Crippen LogP contribution >= 0.6 is 34.5 Å². The van der Waals surface area contributed by atoms with Gasteiger partial charge in [0.25, 0.3) is 11.8 Å². The number of alkyl halides is 2. The molecule has 0 spiro atoms. The van der Waals surface area contributed by atoms with Crippen molar-refractivity contribution in [2.24, 2.45) is 5.41 Å². The van der Waals surface area contributed by atoms with E-state index in [4.69, 9.17) is 32.4 Å². The molecule has 10 heteroatoms. The van der Waals surface area contributed by atoms with Gasteiger partial charge in [0.05, 0.1) is 11.4 Å². The van der Waals surface area contributed by atoms with E-state index in [1.54, 1.807) is 6.92 Å². The van der Waals surface area contributed by atoms with Crippen LogP contribution in [0.5, 0.6) is 0 Å². The monoisotopic (exact) mass is 431 g/mol. The average molecular weight is 432 g/mol. The van der Waals surface area contributed by atoms with E-state index in [9.17, 15) is 9.59 Å². The summed E-state index contributed by atoms with van der Waals surface area (Å²) in [6.45, 7) is 3.80. The summed E-state index contributed by atoms with van der Waals surface area (Å²) in [4.78, 5) is 27.0. The van der Waals surface area contributed by atoms with Crippen LogP contribution in [-0.4, -0.2) is 44.5 Å². The van der Waals surface area contributed by atoms with Crippen molar-refractivity contribution >= 4 is 46.4 Å². The lowest BCUT2D eigenvalue weighted by Crippen LogP contribution is -2.36. The van der Waals surface area contributed by atoms with E-state index in [-0.39, 0.29) is 19.1 Å². The summed E-state index contributed by atoms with van der Waals surface area (Å²) in [5, 5.41) is 9.91. The van der Waals surface area contributed by atoms with E-state index in [0.717, 1.165) is 11.3 Å². The highest BCUT2D eigenvalue weighted by Gasteiger charge is 2.69. The quantitative estimate of drug-likeness (QED) is 0.468. The van der Waals surface area contributed by atoms with Gasteiger partial charge in [0.15, 0.2) is 6.61 Å². The van der Waals surface area contributed by atoms with E-state index >= 15 is 0 Å². The number of carbonyl (C=O) groups is 2. The first-order chi connectivity index (χ1) is 12.8. The Morgan fingerprint density at radius 2 is 2.15 bits per heavy atom. The Morgan fingerprint density at radius 3 is 2.74 bits per heavy atom. The third-order valence-electron chi connectivity index (χ3n) is 4.41. The fourth-order valence-corrected chi connectivity index (χ4v) is 3.87. The van der Waals surface area contributed by atoms with Crippen LogP contribution in [0.2, 0.25) is 0 Å². The number of esters is 1. The fourth-order valence-electron chi connectivity index (χ4n) is 2.54. The Morgan fingerprint density at radius 1 is 1.41 bits per heavy atom. The number of ether oxygens (including phenoxy) is 1. The Labute approximate surface area is 170 Å². The van der Waals surface area contributed by atoms with Gasteiger partial charge >= 0.3 is 5.97 Å². The summed E-state index contributed by atoms with van der Waals surface area (Å²) >= 11 is 13.4. The summed E-state index contributed by atoms with van der Waals surface area (Å²) < 4.78 is 9.63. The maximum Gasteiger partial charge on any atom is 0.315 e. The van der Waals surface area contributed by atoms with Crippen molar-refractivity contribution in [1.82, 2.24) is 15.1 Å². The van der Waals surface area contributed by atoms with Crippen molar-refractivity contribution in [3.63, 3.8) is 0 Å². The minimum Gasteiger partial charge on any atom is -0.455 e. The molecule has 2 aromatic rings. The highest BCUT2D eigenvalue weighted by atomic mass is 35.5. The topological polar surface area (TPSA) is 85.5 Å². The molecule has 1 atom stereocenters. The van der Waals surface area contributed by atoms with E-state index in [2.05, 4.69) is 10.2 Å². The molecule has 0 N–H and O–H groups in total. The van der Waals surface area contributed by atoms with E-state index in [1.165, 1.54) is 16.2 Å². The summed E-state index contributed by atoms with van der Waals surface area (Å²) in [5.41, 5.74) is -0.964. The normalized spacial score (nSPS) is 20.3. The molecule has 7 nitrogen and oxygen atoms in total. The summed E-state index contributed by atoms with van der Waals surface area (Å²) in [7, 11) is 0. The first-order valence-electron chi connectivity index (χ1n) is 8.46. The van der Waals surface area contributed by atoms with Crippen LogP contribution in [0.25, 0.3) is 10.8 Å². The molecule has 1 aliphatic carbocycles. The number of halogens is 2. The van der Waals surface area contributed by atoms with Crippen LogP contribution in [0.3, 0.4) is 0 Å². The molecule has 0 saturated heterocycles. The SMILES string of the molecule is CCCN(Cc1nnc(-c2cccs2)o1)C(=O)COC(=O)C1(C)CC1(Cl)Cl. The summed E-state index contributed by atoms with van der Waals surface area (Å²) in [5.74, 6) is -0.186. The lowest BCUT2D eigenvalue weighted by molar-refractivity contribution is -0.156. The number of thiophene rings is 1. The van der Waals surface area contributed by atoms with Crippen molar-refractivity contribution in [3.05, 3.63) is 23.4 Å². The number of carbonyl (C=O) groups excluding carboxylic acids is 2. The molecule has 146 valence electrons. The zero-order valence-electron chi connectivity index (χ0n) is 14.9. The molecule has 1 saturated carbocycles. The Bertz CT molecular complexity index is 824. The van der Waals surface area contributed by atoms with Crippen LogP contribution in [0.15, 0.2) is 21.9 Å². The van der Waals surface area contributed by atoms with Gasteiger partial charge < -0.3 is 14.1 Å². The highest BCUT2D eigenvalue weighted by molar-refractivity contribution is 7.13. The predicted molar refractivity (Wildman–Crippen MR) is 101 cm³/mol. The van der Waals surface area contributed by atoms with Gasteiger partial charge in [0.2, 0.25) is 5.89 Å². The number of amides is 1. The highest BCUT2D eigenvalue weighted by Crippen LogP contribution is 2.64. The maximum atomic E-state index is 12.5. The molecule has 0 radical (unpaired) electrons. The molecule has 1 unspecified atom stereocenters. The Hall–Kier alpha value is -1.64. The van der Waals surface area contributed by atoms with Gasteiger partial charge in [-0.3, -0.25) is 9.59 Å². The maximum absolute atomic E-state index is 12.5. The lowest BCUT2D eigenvalue weighted by Gasteiger charge is -2.20. The molecule has 0 aliphatic heterocycles. The standard InChI is InChI=1S/C17H19Cl2N3O4S/c1-3-6-22(8-12-20-21-14(26-12)11-5-4-7-27-11)13(23)9-25-15(24)16(2)10-17(16,18)19/h4-5,7H,3,6,8-10H2,1-2H3. The van der Waals surface area contributed by atoms with Crippen LogP contribution in [0.4, 0.5) is 0 Å². The van der Waals surface area contributed by atoms with Crippen molar-refractivity contribution in [1.29, 1.82) is 0 Å². The van der Waals surface area contributed by atoms with Gasteiger partial charge in [-0.2, -0.15) is 0 Å². The van der Waals surface area contributed by atoms with Gasteiger partial charge in [0.1, 0.15) is 9.75 Å². The van der Waals surface area contributed by atoms with Gasteiger partial charge in [-0.15, -0.1) is 44.7 Å². The third-order valence-corrected chi connectivity index (χ3v) is 6.37. The average Bonchev–Trinajstić information content (AvgIpc) is 3.10. The van der Waals surface area contributed by atoms with E-state index in [1.807, 2.05) is 24.4 Å². The summed E-state index contributed by atoms with van der Waals surface area (Å²) in [6.07, 6.45) is 1.04. The molecule has 0 bridgehead atoms. The molecule has 2 aromatic heterocycles. The van der Waals surface area contributed by atoms with Crippen molar-refractivity contribution in [3.8, 4) is 10.8 Å². The predicted octanol–water partition coefficient (Wildman–Crippen LogP) is 3.66. The number of nitrogens with zero attached hydrogens (tertiary/aromatic N) is 3. The van der Waals surface area contributed by atoms with Crippen molar-refractivity contribution in [2.75, 3.05) is 13.2 Å². The van der Waals surface area contributed by atoms with Gasteiger partial charge in [-0.1, -0.05) is 13.0 Å². The molecule has 0 aromatic carbocycles. The first kappa shape index (κ1) is 20.1. The molecule has 2 heterocycles. The number of aromatic nitrogens is 2. The van der Waals surface area contributed by atoms with Gasteiger partial charge in [0, 0.05) is 13.0 Å². The van der Waals surface area contributed by atoms with Crippen LogP contribution < -0.4 is 0 Å². The van der Waals surface area contributed by atoms with Crippen molar-refractivity contribution < 1.29 is 18.7 Å². The zero-order chi connectivity index (χ0) is 19.7. The number of rotatable bonds is 8. The minimum atomic E-state index is -1.13. The molecular formula is C17H19Cl2N3O4S. The smallest absolute Gasteiger partial charge is 0.315 e. The third kappa shape index (κ3) is 4.28. The molecule has 1 fully saturated rings. The van der Waals surface area contributed by atoms with E-state index < -0.39 is 15.7 Å². The zero-order valence-corrected chi connectivity index (χ0v) is 17.2. The number of hydrogen-bond acceptors (Lipinski definition) is 7. The lowest BCUT2D eigenvalue weighted by atomic mass is 10.1. The molecular weight excluding hydrogens is 413 g/mol. The van der Waals surface area contributed by atoms with E-state index in [0.29, 0.717) is 24.7 Å². The Kier molecular flexibility index (Phi) is 5.79. The van der Waals surface area contributed by atoms with Crippen LogP contribution in [0, 0.1) is 5.41 Å². The van der Waals surface area contributed by atoms with Crippen molar-refractivity contribution in [2.45, 2.75) is 37.6 Å². The fraction of sp³-hybridized carbons (Fsp3) is 0.529.